The summed E-state index contributed by atoms with van der Waals surface area (Å²) < 4.78 is 13.0. The number of hydrogen-bond donors (Lipinski definition) is 1. The maximum absolute atomic E-state index is 10.6. The average molecular weight is 355 g/mol. The number of benzene rings is 1. The van der Waals surface area contributed by atoms with Gasteiger partial charge in [-0.05, 0) is 58.8 Å². The highest BCUT2D eigenvalue weighted by Crippen LogP contribution is 2.67. The zero-order valence-corrected chi connectivity index (χ0v) is 16.4. The molecule has 1 aromatic rings. The number of likely N-dealkylation sites (N-methyl/N-ethyl adjacent to an activating group) is 1. The molecule has 0 saturated carbocycles. The van der Waals surface area contributed by atoms with E-state index in [1.54, 1.807) is 6.07 Å². The summed E-state index contributed by atoms with van der Waals surface area (Å²) in [5.74, 6) is 0.967. The Bertz CT molecular complexity index is 810. The Morgan fingerprint density at radius 1 is 1.31 bits per heavy atom. The van der Waals surface area contributed by atoms with E-state index < -0.39 is 0 Å². The maximum atomic E-state index is 10.6. The lowest BCUT2D eigenvalue weighted by Gasteiger charge is -2.63. The molecule has 4 heteroatoms. The highest BCUT2D eigenvalue weighted by Gasteiger charge is 2.70. The standard InChI is InChI=1S/C22H29NO3/c1-20(2,3)26-15-8-9-21(4)16-12-13-6-7-14(24)18-17(13)22(21,19(15)25-18)10-11-23(16)5/h6-9,15-16,19,24H,10-12H2,1-5H3/t15-,16+,19-,21-,22-/m0/s1. The number of rotatable bonds is 1. The van der Waals surface area contributed by atoms with Gasteiger partial charge in [-0.2, -0.15) is 0 Å². The molecule has 2 heterocycles. The van der Waals surface area contributed by atoms with Crippen LogP contribution in [0.1, 0.15) is 45.2 Å². The Hall–Kier alpha value is -1.52. The molecular weight excluding hydrogens is 326 g/mol. The van der Waals surface area contributed by atoms with Crippen LogP contribution in [0, 0.1) is 5.41 Å². The van der Waals surface area contributed by atoms with Crippen LogP contribution >= 0.6 is 0 Å². The van der Waals surface area contributed by atoms with Crippen molar-refractivity contribution in [2.75, 3.05) is 13.6 Å². The van der Waals surface area contributed by atoms with Gasteiger partial charge in [0.2, 0.25) is 0 Å². The van der Waals surface area contributed by atoms with Gasteiger partial charge in [-0.25, -0.2) is 0 Å². The fourth-order valence-corrected chi connectivity index (χ4v) is 6.23. The molecule has 140 valence electrons. The lowest BCUT2D eigenvalue weighted by atomic mass is 9.46. The predicted molar refractivity (Wildman–Crippen MR) is 101 cm³/mol. The quantitative estimate of drug-likeness (QED) is 0.784. The van der Waals surface area contributed by atoms with Crippen LogP contribution in [-0.2, 0) is 16.6 Å². The van der Waals surface area contributed by atoms with Crippen molar-refractivity contribution in [2.45, 2.75) is 69.8 Å². The molecule has 1 N–H and O–H groups in total. The van der Waals surface area contributed by atoms with Gasteiger partial charge in [0.1, 0.15) is 12.2 Å². The minimum Gasteiger partial charge on any atom is -0.504 e. The number of phenolic OH excluding ortho intramolecular Hbond substituents is 1. The van der Waals surface area contributed by atoms with E-state index in [0.717, 1.165) is 19.4 Å². The predicted octanol–water partition coefficient (Wildman–Crippen LogP) is 3.41. The molecule has 0 unspecified atom stereocenters. The van der Waals surface area contributed by atoms with Crippen molar-refractivity contribution in [1.29, 1.82) is 0 Å². The fraction of sp³-hybridized carbons (Fsp3) is 0.636. The molecule has 1 saturated heterocycles. The monoisotopic (exact) mass is 355 g/mol. The van der Waals surface area contributed by atoms with E-state index in [1.807, 2.05) is 0 Å². The first kappa shape index (κ1) is 16.6. The summed E-state index contributed by atoms with van der Waals surface area (Å²) in [6, 6.07) is 4.34. The van der Waals surface area contributed by atoms with Crippen LogP contribution in [0.5, 0.6) is 11.5 Å². The highest BCUT2D eigenvalue weighted by atomic mass is 16.6. The molecule has 1 aromatic carbocycles. The van der Waals surface area contributed by atoms with Crippen LogP contribution in [0.3, 0.4) is 0 Å². The molecule has 2 bridgehead atoms. The molecule has 2 aliphatic heterocycles. The number of piperidine rings is 1. The molecule has 5 atom stereocenters. The summed E-state index contributed by atoms with van der Waals surface area (Å²) in [6.07, 6.45) is 6.45. The molecule has 1 fully saturated rings. The fourth-order valence-electron chi connectivity index (χ4n) is 6.23. The van der Waals surface area contributed by atoms with E-state index in [9.17, 15) is 5.11 Å². The van der Waals surface area contributed by atoms with Crippen LogP contribution in [0.15, 0.2) is 24.3 Å². The molecule has 4 nitrogen and oxygen atoms in total. The first-order valence-electron chi connectivity index (χ1n) is 9.77. The second-order valence-corrected chi connectivity index (χ2v) is 9.74. The second kappa shape index (κ2) is 4.85. The summed E-state index contributed by atoms with van der Waals surface area (Å²) in [5.41, 5.74) is 2.19. The van der Waals surface area contributed by atoms with Gasteiger partial charge in [-0.1, -0.05) is 25.1 Å². The smallest absolute Gasteiger partial charge is 0.165 e. The van der Waals surface area contributed by atoms with Crippen molar-refractivity contribution >= 4 is 0 Å². The Morgan fingerprint density at radius 3 is 2.81 bits per heavy atom. The van der Waals surface area contributed by atoms with Crippen molar-refractivity contribution in [1.82, 2.24) is 4.90 Å². The second-order valence-electron chi connectivity index (χ2n) is 9.74. The van der Waals surface area contributed by atoms with Crippen LogP contribution in [0.2, 0.25) is 0 Å². The Morgan fingerprint density at radius 2 is 2.08 bits per heavy atom. The molecular formula is C22H29NO3. The number of phenols is 1. The van der Waals surface area contributed by atoms with Gasteiger partial charge in [-0.3, -0.25) is 0 Å². The average Bonchev–Trinajstić information content (AvgIpc) is 2.90. The SMILES string of the molecule is CN1CC[C@]23c4c5ccc(O)c4O[C@H]2[C@@H](OC(C)(C)C)C=C[C@@]3(C)[C@H]1C5. The van der Waals surface area contributed by atoms with E-state index in [1.165, 1.54) is 11.1 Å². The van der Waals surface area contributed by atoms with Gasteiger partial charge in [0.15, 0.2) is 11.5 Å². The van der Waals surface area contributed by atoms with Crippen LogP contribution in [-0.4, -0.2) is 47.4 Å². The van der Waals surface area contributed by atoms with E-state index in [4.69, 9.17) is 9.47 Å². The van der Waals surface area contributed by atoms with Gasteiger partial charge >= 0.3 is 0 Å². The number of ether oxygens (including phenoxy) is 2. The molecule has 0 radical (unpaired) electrons. The third kappa shape index (κ3) is 1.82. The zero-order valence-electron chi connectivity index (χ0n) is 16.4. The summed E-state index contributed by atoms with van der Waals surface area (Å²) in [5, 5.41) is 10.6. The van der Waals surface area contributed by atoms with Gasteiger partial charge in [0.25, 0.3) is 0 Å². The Kier molecular flexibility index (Phi) is 3.10. The van der Waals surface area contributed by atoms with Crippen molar-refractivity contribution < 1.29 is 14.6 Å². The third-order valence-corrected chi connectivity index (χ3v) is 7.28. The van der Waals surface area contributed by atoms with Gasteiger partial charge in [0.05, 0.1) is 11.0 Å². The zero-order chi connectivity index (χ0) is 18.5. The Labute approximate surface area is 155 Å². The summed E-state index contributed by atoms with van der Waals surface area (Å²) in [7, 11) is 2.24. The van der Waals surface area contributed by atoms with Crippen molar-refractivity contribution in [3.05, 3.63) is 35.4 Å². The van der Waals surface area contributed by atoms with Crippen LogP contribution in [0.25, 0.3) is 0 Å². The van der Waals surface area contributed by atoms with E-state index in [2.05, 4.69) is 57.9 Å². The van der Waals surface area contributed by atoms with E-state index in [0.29, 0.717) is 11.8 Å². The summed E-state index contributed by atoms with van der Waals surface area (Å²) >= 11 is 0. The maximum Gasteiger partial charge on any atom is 0.165 e. The minimum atomic E-state index is -0.248. The molecule has 1 spiro atoms. The number of hydrogen-bond acceptors (Lipinski definition) is 4. The van der Waals surface area contributed by atoms with Crippen LogP contribution in [0.4, 0.5) is 0 Å². The lowest BCUT2D eigenvalue weighted by Crippen LogP contribution is -2.70. The van der Waals surface area contributed by atoms with Crippen molar-refractivity contribution in [2.24, 2.45) is 5.41 Å². The van der Waals surface area contributed by atoms with Gasteiger partial charge < -0.3 is 19.5 Å². The Balaban J connectivity index is 1.76. The molecule has 0 amide bonds. The van der Waals surface area contributed by atoms with Gasteiger partial charge in [-0.15, -0.1) is 0 Å². The molecule has 5 rings (SSSR count). The lowest BCUT2D eigenvalue weighted by molar-refractivity contribution is -0.138. The normalized spacial score (nSPS) is 40.3. The van der Waals surface area contributed by atoms with Crippen LogP contribution < -0.4 is 4.74 Å². The van der Waals surface area contributed by atoms with E-state index in [-0.39, 0.29) is 34.4 Å². The first-order valence-corrected chi connectivity index (χ1v) is 9.77. The minimum absolute atomic E-state index is 0.0194. The van der Waals surface area contributed by atoms with Gasteiger partial charge in [0, 0.05) is 17.0 Å². The number of nitrogens with zero attached hydrogens (tertiary/aromatic N) is 1. The van der Waals surface area contributed by atoms with Crippen molar-refractivity contribution in [3.63, 3.8) is 0 Å². The molecule has 2 aliphatic carbocycles. The molecule has 0 aromatic heterocycles. The number of likely N-dealkylation sites (tertiary alicyclic amines) is 1. The number of aromatic hydroxyl groups is 1. The molecule has 26 heavy (non-hydrogen) atoms. The largest absolute Gasteiger partial charge is 0.504 e. The summed E-state index contributed by atoms with van der Waals surface area (Å²) in [4.78, 5) is 2.51. The highest BCUT2D eigenvalue weighted by molar-refractivity contribution is 5.63. The first-order chi connectivity index (χ1) is 12.2. The van der Waals surface area contributed by atoms with Crippen molar-refractivity contribution in [3.8, 4) is 11.5 Å². The van der Waals surface area contributed by atoms with E-state index >= 15 is 0 Å². The molecule has 4 aliphatic rings. The summed E-state index contributed by atoms with van der Waals surface area (Å²) in [6.45, 7) is 9.71. The topological polar surface area (TPSA) is 41.9 Å². The third-order valence-electron chi connectivity index (χ3n) is 7.28.